The van der Waals surface area contributed by atoms with Gasteiger partial charge in [-0.05, 0) is 48.8 Å². The fourth-order valence-electron chi connectivity index (χ4n) is 2.40. The number of benzene rings is 1. The van der Waals surface area contributed by atoms with Crippen LogP contribution in [0.15, 0.2) is 28.7 Å². The lowest BCUT2D eigenvalue weighted by Gasteiger charge is -2.37. The molecule has 1 aromatic rings. The number of hydrogen-bond donors (Lipinski definition) is 0. The smallest absolute Gasteiger partial charge is 0.191 e. The van der Waals surface area contributed by atoms with E-state index in [0.717, 1.165) is 24.2 Å². The molecule has 0 unspecified atom stereocenters. The van der Waals surface area contributed by atoms with Crippen molar-refractivity contribution in [3.05, 3.63) is 28.7 Å². The minimum absolute atomic E-state index is 0.303. The van der Waals surface area contributed by atoms with Crippen LogP contribution in [0.5, 0.6) is 0 Å². The van der Waals surface area contributed by atoms with Gasteiger partial charge in [0.25, 0.3) is 0 Å². The first-order valence-electron chi connectivity index (χ1n) is 7.83. The van der Waals surface area contributed by atoms with Gasteiger partial charge in [-0.2, -0.15) is 0 Å². The van der Waals surface area contributed by atoms with Gasteiger partial charge < -0.3 is 9.33 Å². The number of nitrogens with zero attached hydrogens (tertiary/aromatic N) is 1. The van der Waals surface area contributed by atoms with Gasteiger partial charge in [-0.1, -0.05) is 36.7 Å². The van der Waals surface area contributed by atoms with Crippen LogP contribution in [0.2, 0.25) is 18.1 Å². The number of halogens is 1. The molecule has 4 heteroatoms. The molecular weight excluding hydrogens is 342 g/mol. The summed E-state index contributed by atoms with van der Waals surface area (Å²) < 4.78 is 7.53. The Bertz CT molecular complexity index is 467. The largest absolute Gasteiger partial charge is 0.416 e. The van der Waals surface area contributed by atoms with Crippen LogP contribution in [0.25, 0.3) is 0 Å². The van der Waals surface area contributed by atoms with Crippen LogP contribution >= 0.6 is 15.9 Å². The van der Waals surface area contributed by atoms with E-state index < -0.39 is 8.32 Å². The van der Waals surface area contributed by atoms with Gasteiger partial charge in [0.05, 0.1) is 0 Å². The average molecular weight is 370 g/mol. The Morgan fingerprint density at radius 2 is 1.86 bits per heavy atom. The van der Waals surface area contributed by atoms with Crippen molar-refractivity contribution in [2.45, 2.75) is 45.3 Å². The van der Waals surface area contributed by atoms with Crippen molar-refractivity contribution in [3.63, 3.8) is 0 Å². The minimum atomic E-state index is -1.61. The standard InChI is InChI=1S/C17H28BrNOSi/c1-17(2,3)21(4,5)20-13-14-10-11-19(12-14)16-8-6-15(18)7-9-16/h6-9,14H,10-13H2,1-5H3/t14-/m1/s1. The quantitative estimate of drug-likeness (QED) is 0.667. The topological polar surface area (TPSA) is 12.5 Å². The molecule has 0 aliphatic carbocycles. The van der Waals surface area contributed by atoms with Crippen LogP contribution in [0.4, 0.5) is 5.69 Å². The molecule has 1 saturated heterocycles. The molecule has 21 heavy (non-hydrogen) atoms. The van der Waals surface area contributed by atoms with E-state index in [1.165, 1.54) is 12.1 Å². The van der Waals surface area contributed by atoms with E-state index in [1.54, 1.807) is 0 Å². The lowest BCUT2D eigenvalue weighted by molar-refractivity contribution is 0.238. The van der Waals surface area contributed by atoms with Crippen molar-refractivity contribution >= 4 is 29.9 Å². The van der Waals surface area contributed by atoms with Crippen molar-refractivity contribution in [2.75, 3.05) is 24.6 Å². The van der Waals surface area contributed by atoms with E-state index in [2.05, 4.69) is 79.0 Å². The molecule has 0 amide bonds. The molecule has 1 aliphatic rings. The monoisotopic (exact) mass is 369 g/mol. The molecule has 1 aromatic carbocycles. The molecule has 118 valence electrons. The predicted octanol–water partition coefficient (Wildman–Crippen LogP) is 5.30. The highest BCUT2D eigenvalue weighted by Crippen LogP contribution is 2.37. The normalized spacial score (nSPS) is 20.1. The van der Waals surface area contributed by atoms with Gasteiger partial charge in [0.15, 0.2) is 8.32 Å². The lowest BCUT2D eigenvalue weighted by atomic mass is 10.1. The van der Waals surface area contributed by atoms with E-state index in [0.29, 0.717) is 11.0 Å². The van der Waals surface area contributed by atoms with Crippen molar-refractivity contribution < 1.29 is 4.43 Å². The molecule has 1 atom stereocenters. The van der Waals surface area contributed by atoms with Crippen LogP contribution in [0.3, 0.4) is 0 Å². The van der Waals surface area contributed by atoms with Gasteiger partial charge in [-0.25, -0.2) is 0 Å². The first kappa shape index (κ1) is 17.0. The molecule has 0 aromatic heterocycles. The van der Waals surface area contributed by atoms with E-state index in [-0.39, 0.29) is 0 Å². The summed E-state index contributed by atoms with van der Waals surface area (Å²) in [5, 5.41) is 0.303. The summed E-state index contributed by atoms with van der Waals surface area (Å²) in [7, 11) is -1.61. The van der Waals surface area contributed by atoms with Crippen LogP contribution in [0.1, 0.15) is 27.2 Å². The third-order valence-electron chi connectivity index (χ3n) is 4.96. The molecule has 0 spiro atoms. The second-order valence-corrected chi connectivity index (χ2v) is 13.4. The summed E-state index contributed by atoms with van der Waals surface area (Å²) in [6.07, 6.45) is 1.24. The Balaban J connectivity index is 1.87. The summed E-state index contributed by atoms with van der Waals surface area (Å²) in [5.74, 6) is 0.669. The minimum Gasteiger partial charge on any atom is -0.416 e. The highest BCUT2D eigenvalue weighted by Gasteiger charge is 2.38. The van der Waals surface area contributed by atoms with Crippen LogP contribution in [0, 0.1) is 5.92 Å². The van der Waals surface area contributed by atoms with Crippen molar-refractivity contribution in [3.8, 4) is 0 Å². The second-order valence-electron chi connectivity index (χ2n) is 7.65. The van der Waals surface area contributed by atoms with E-state index in [4.69, 9.17) is 4.43 Å². The molecule has 0 bridgehead atoms. The average Bonchev–Trinajstić information content (AvgIpc) is 2.85. The first-order valence-corrected chi connectivity index (χ1v) is 11.5. The maximum atomic E-state index is 6.39. The number of rotatable bonds is 4. The van der Waals surface area contributed by atoms with Gasteiger partial charge >= 0.3 is 0 Å². The highest BCUT2D eigenvalue weighted by atomic mass is 79.9. The third-order valence-corrected chi connectivity index (χ3v) is 9.99. The van der Waals surface area contributed by atoms with E-state index in [1.807, 2.05) is 0 Å². The maximum absolute atomic E-state index is 6.39. The van der Waals surface area contributed by atoms with Gasteiger partial charge in [-0.3, -0.25) is 0 Å². The van der Waals surface area contributed by atoms with Crippen molar-refractivity contribution in [2.24, 2.45) is 5.92 Å². The van der Waals surface area contributed by atoms with Gasteiger partial charge in [0.1, 0.15) is 0 Å². The van der Waals surface area contributed by atoms with Crippen molar-refractivity contribution in [1.29, 1.82) is 0 Å². The first-order chi connectivity index (χ1) is 9.69. The molecule has 0 saturated carbocycles. The maximum Gasteiger partial charge on any atom is 0.191 e. The summed E-state index contributed by atoms with van der Waals surface area (Å²) in [6, 6.07) is 8.63. The highest BCUT2D eigenvalue weighted by molar-refractivity contribution is 9.10. The number of anilines is 1. The fraction of sp³-hybridized carbons (Fsp3) is 0.647. The van der Waals surface area contributed by atoms with Gasteiger partial charge in [0.2, 0.25) is 0 Å². The molecule has 2 nitrogen and oxygen atoms in total. The molecule has 1 aliphatic heterocycles. The Hall–Kier alpha value is -0.323. The summed E-state index contributed by atoms with van der Waals surface area (Å²) in [5.41, 5.74) is 1.33. The molecule has 0 radical (unpaired) electrons. The van der Waals surface area contributed by atoms with E-state index >= 15 is 0 Å². The molecular formula is C17H28BrNOSi. The van der Waals surface area contributed by atoms with Crippen LogP contribution < -0.4 is 4.90 Å². The third kappa shape index (κ3) is 4.33. The number of hydrogen-bond acceptors (Lipinski definition) is 2. The lowest BCUT2D eigenvalue weighted by Crippen LogP contribution is -2.42. The fourth-order valence-corrected chi connectivity index (χ4v) is 3.75. The summed E-state index contributed by atoms with van der Waals surface area (Å²) >= 11 is 3.50. The molecule has 1 fully saturated rings. The zero-order valence-corrected chi connectivity index (χ0v) is 16.5. The molecule has 2 rings (SSSR count). The summed E-state index contributed by atoms with van der Waals surface area (Å²) in [6.45, 7) is 14.8. The van der Waals surface area contributed by atoms with E-state index in [9.17, 15) is 0 Å². The van der Waals surface area contributed by atoms with Gasteiger partial charge in [0, 0.05) is 35.8 Å². The zero-order chi connectivity index (χ0) is 15.7. The van der Waals surface area contributed by atoms with Crippen molar-refractivity contribution in [1.82, 2.24) is 0 Å². The Labute approximate surface area is 139 Å². The summed E-state index contributed by atoms with van der Waals surface area (Å²) in [4.78, 5) is 2.48. The Morgan fingerprint density at radius 1 is 1.24 bits per heavy atom. The van der Waals surface area contributed by atoms with Gasteiger partial charge in [-0.15, -0.1) is 0 Å². The SMILES string of the molecule is CC(C)(C)[Si](C)(C)OC[C@@H]1CCN(c2ccc(Br)cc2)C1. The predicted molar refractivity (Wildman–Crippen MR) is 97.6 cm³/mol. The van der Waals surface area contributed by atoms with Crippen LogP contribution in [-0.2, 0) is 4.43 Å². The van der Waals surface area contributed by atoms with Crippen LogP contribution in [-0.4, -0.2) is 28.0 Å². The Kier molecular flexibility index (Phi) is 5.22. The second kappa shape index (κ2) is 6.43. The molecule has 1 heterocycles. The Morgan fingerprint density at radius 3 is 2.43 bits per heavy atom. The molecule has 0 N–H and O–H groups in total. The zero-order valence-electron chi connectivity index (χ0n) is 13.9.